The van der Waals surface area contributed by atoms with Crippen LogP contribution in [0.5, 0.6) is 0 Å². The van der Waals surface area contributed by atoms with Crippen LogP contribution in [-0.4, -0.2) is 9.13 Å². The summed E-state index contributed by atoms with van der Waals surface area (Å²) in [4.78, 5) is 0. The summed E-state index contributed by atoms with van der Waals surface area (Å²) in [6, 6.07) is 50.1. The molecule has 0 bridgehead atoms. The van der Waals surface area contributed by atoms with Gasteiger partial charge < -0.3 is 9.13 Å². The van der Waals surface area contributed by atoms with E-state index in [0.29, 0.717) is 11.1 Å². The average molecular weight is 535 g/mol. The largest absolute Gasteiger partial charge is 0.309 e. The minimum absolute atomic E-state index is 0.602. The van der Waals surface area contributed by atoms with Crippen LogP contribution in [0.4, 0.5) is 0 Å². The van der Waals surface area contributed by atoms with Gasteiger partial charge in [0, 0.05) is 32.7 Å². The third-order valence-corrected chi connectivity index (χ3v) is 8.18. The highest BCUT2D eigenvalue weighted by molar-refractivity contribution is 6.11. The molecule has 0 amide bonds. The van der Waals surface area contributed by atoms with Gasteiger partial charge in [-0.3, -0.25) is 0 Å². The summed E-state index contributed by atoms with van der Waals surface area (Å²) >= 11 is 0. The van der Waals surface area contributed by atoms with Crippen molar-refractivity contribution in [3.8, 4) is 34.6 Å². The SMILES string of the molecule is N#Cc1ccc(-n2c3ccccc3c3ccccc32)c(-c2ccccc2-n2c3ccccc3c3cc(C#N)ccc32)c1. The molecular weight excluding hydrogens is 512 g/mol. The number of hydrogen-bond acceptors (Lipinski definition) is 2. The second-order valence-corrected chi connectivity index (χ2v) is 10.4. The number of fused-ring (bicyclic) bond motifs is 6. The van der Waals surface area contributed by atoms with E-state index < -0.39 is 0 Å². The van der Waals surface area contributed by atoms with Gasteiger partial charge >= 0.3 is 0 Å². The molecule has 0 aliphatic heterocycles. The maximum atomic E-state index is 9.97. The van der Waals surface area contributed by atoms with Crippen molar-refractivity contribution in [2.24, 2.45) is 0 Å². The van der Waals surface area contributed by atoms with Crippen LogP contribution in [0.15, 0.2) is 133 Å². The summed E-state index contributed by atoms with van der Waals surface area (Å²) in [7, 11) is 0. The molecule has 2 aromatic heterocycles. The van der Waals surface area contributed by atoms with Gasteiger partial charge in [-0.15, -0.1) is 0 Å². The minimum Gasteiger partial charge on any atom is -0.309 e. The fraction of sp³-hybridized carbons (Fsp3) is 0. The van der Waals surface area contributed by atoms with Crippen LogP contribution in [0.1, 0.15) is 11.1 Å². The zero-order valence-corrected chi connectivity index (χ0v) is 22.5. The number of nitriles is 2. The van der Waals surface area contributed by atoms with Gasteiger partial charge in [0.25, 0.3) is 0 Å². The lowest BCUT2D eigenvalue weighted by Gasteiger charge is -2.18. The molecule has 6 aromatic carbocycles. The normalized spacial score (nSPS) is 11.3. The number of para-hydroxylation sites is 4. The van der Waals surface area contributed by atoms with Crippen molar-refractivity contribution in [3.63, 3.8) is 0 Å². The fourth-order valence-corrected chi connectivity index (χ4v) is 6.40. The first-order chi connectivity index (χ1) is 20.8. The molecule has 0 atom stereocenters. The Labute approximate surface area is 242 Å². The van der Waals surface area contributed by atoms with Crippen molar-refractivity contribution in [1.29, 1.82) is 10.5 Å². The number of aromatic nitrogens is 2. The zero-order chi connectivity index (χ0) is 28.2. The number of hydrogen-bond donors (Lipinski definition) is 0. The first-order valence-corrected chi connectivity index (χ1v) is 13.8. The lowest BCUT2D eigenvalue weighted by Crippen LogP contribution is -2.02. The molecule has 0 saturated carbocycles. The molecule has 0 radical (unpaired) electrons. The highest BCUT2D eigenvalue weighted by Crippen LogP contribution is 2.41. The van der Waals surface area contributed by atoms with E-state index in [0.717, 1.165) is 55.3 Å². The molecule has 0 unspecified atom stereocenters. The Morgan fingerprint density at radius 2 is 0.833 bits per heavy atom. The lowest BCUT2D eigenvalue weighted by atomic mass is 9.98. The molecule has 4 nitrogen and oxygen atoms in total. The fourth-order valence-electron chi connectivity index (χ4n) is 6.40. The Morgan fingerprint density at radius 1 is 0.381 bits per heavy atom. The van der Waals surface area contributed by atoms with Crippen LogP contribution in [0.3, 0.4) is 0 Å². The van der Waals surface area contributed by atoms with Crippen LogP contribution in [0, 0.1) is 22.7 Å². The summed E-state index contributed by atoms with van der Waals surface area (Å²) in [5.74, 6) is 0. The van der Waals surface area contributed by atoms with Gasteiger partial charge in [-0.2, -0.15) is 10.5 Å². The molecule has 8 aromatic rings. The maximum absolute atomic E-state index is 9.97. The Kier molecular flexibility index (Phi) is 5.22. The van der Waals surface area contributed by atoms with Gasteiger partial charge in [-0.25, -0.2) is 0 Å². The van der Waals surface area contributed by atoms with E-state index in [1.807, 2.05) is 42.5 Å². The van der Waals surface area contributed by atoms with Crippen molar-refractivity contribution >= 4 is 43.6 Å². The van der Waals surface area contributed by atoms with Gasteiger partial charge in [0.1, 0.15) is 0 Å². The Morgan fingerprint density at radius 3 is 1.45 bits per heavy atom. The van der Waals surface area contributed by atoms with E-state index in [9.17, 15) is 10.5 Å². The monoisotopic (exact) mass is 534 g/mol. The molecule has 0 aliphatic rings. The highest BCUT2D eigenvalue weighted by atomic mass is 15.0. The van der Waals surface area contributed by atoms with Crippen LogP contribution in [0.2, 0.25) is 0 Å². The van der Waals surface area contributed by atoms with Gasteiger partial charge in [0.2, 0.25) is 0 Å². The Hall–Kier alpha value is -6.10. The molecular formula is C38H22N4. The van der Waals surface area contributed by atoms with Crippen LogP contribution in [-0.2, 0) is 0 Å². The second kappa shape index (κ2) is 9.24. The summed E-state index contributed by atoms with van der Waals surface area (Å²) in [6.07, 6.45) is 0. The third-order valence-electron chi connectivity index (χ3n) is 8.18. The molecule has 0 fully saturated rings. The van der Waals surface area contributed by atoms with Crippen molar-refractivity contribution in [1.82, 2.24) is 9.13 Å². The molecule has 0 saturated heterocycles. The maximum Gasteiger partial charge on any atom is 0.0991 e. The van der Waals surface area contributed by atoms with E-state index >= 15 is 0 Å². The zero-order valence-electron chi connectivity index (χ0n) is 22.5. The predicted octanol–water partition coefficient (Wildman–Crippen LogP) is 9.29. The Bertz CT molecular complexity index is 2390. The van der Waals surface area contributed by atoms with Crippen molar-refractivity contribution in [2.75, 3.05) is 0 Å². The summed E-state index contributed by atoms with van der Waals surface area (Å²) in [5, 5.41) is 24.1. The molecule has 4 heteroatoms. The van der Waals surface area contributed by atoms with E-state index in [4.69, 9.17) is 0 Å². The topological polar surface area (TPSA) is 57.4 Å². The van der Waals surface area contributed by atoms with E-state index in [2.05, 4.69) is 112 Å². The Balaban J connectivity index is 1.49. The van der Waals surface area contributed by atoms with Crippen LogP contribution >= 0.6 is 0 Å². The predicted molar refractivity (Wildman–Crippen MR) is 170 cm³/mol. The van der Waals surface area contributed by atoms with Gasteiger partial charge in [0.15, 0.2) is 0 Å². The van der Waals surface area contributed by atoms with Crippen molar-refractivity contribution in [2.45, 2.75) is 0 Å². The molecule has 194 valence electrons. The molecule has 2 heterocycles. The average Bonchev–Trinajstić information content (AvgIpc) is 3.57. The summed E-state index contributed by atoms with van der Waals surface area (Å²) in [5.41, 5.74) is 9.54. The van der Waals surface area contributed by atoms with Gasteiger partial charge in [0.05, 0.1) is 56.7 Å². The van der Waals surface area contributed by atoms with Crippen molar-refractivity contribution < 1.29 is 0 Å². The number of benzene rings is 6. The van der Waals surface area contributed by atoms with E-state index in [-0.39, 0.29) is 0 Å². The van der Waals surface area contributed by atoms with Gasteiger partial charge in [-0.1, -0.05) is 72.8 Å². The standard InChI is InChI=1S/C38H22N4/c39-23-25-17-19-37(41-33-13-5-1-9-27(33)28-10-2-6-14-34(28)41)31(21-25)29-11-3-7-15-35(29)42-36-16-8-4-12-30(36)32-22-26(24-40)18-20-38(32)42/h1-22H. The summed E-state index contributed by atoms with van der Waals surface area (Å²) < 4.78 is 4.58. The van der Waals surface area contributed by atoms with Crippen LogP contribution < -0.4 is 0 Å². The van der Waals surface area contributed by atoms with Crippen LogP contribution in [0.25, 0.3) is 66.1 Å². The smallest absolute Gasteiger partial charge is 0.0991 e. The number of nitrogens with zero attached hydrogens (tertiary/aromatic N) is 4. The van der Waals surface area contributed by atoms with Gasteiger partial charge in [-0.05, 0) is 60.7 Å². The lowest BCUT2D eigenvalue weighted by molar-refractivity contribution is 1.16. The minimum atomic E-state index is 0.602. The highest BCUT2D eigenvalue weighted by Gasteiger charge is 2.20. The quantitative estimate of drug-likeness (QED) is 0.227. The first-order valence-electron chi connectivity index (χ1n) is 13.8. The number of rotatable bonds is 3. The second-order valence-electron chi connectivity index (χ2n) is 10.4. The van der Waals surface area contributed by atoms with Crippen molar-refractivity contribution in [3.05, 3.63) is 145 Å². The molecule has 42 heavy (non-hydrogen) atoms. The molecule has 0 spiro atoms. The molecule has 0 N–H and O–H groups in total. The first kappa shape index (κ1) is 23.8. The van der Waals surface area contributed by atoms with E-state index in [1.165, 1.54) is 10.8 Å². The summed E-state index contributed by atoms with van der Waals surface area (Å²) in [6.45, 7) is 0. The van der Waals surface area contributed by atoms with E-state index in [1.54, 1.807) is 0 Å². The molecule has 0 aliphatic carbocycles. The molecule has 8 rings (SSSR count). The third kappa shape index (κ3) is 3.40.